The molecule has 1 amide bonds. The van der Waals surface area contributed by atoms with E-state index in [2.05, 4.69) is 19.2 Å². The van der Waals surface area contributed by atoms with Crippen LogP contribution in [0.15, 0.2) is 24.3 Å². The number of benzene rings is 1. The van der Waals surface area contributed by atoms with Crippen LogP contribution in [0.3, 0.4) is 0 Å². The van der Waals surface area contributed by atoms with E-state index < -0.39 is 0 Å². The Hall–Kier alpha value is -1.51. The highest BCUT2D eigenvalue weighted by molar-refractivity contribution is 5.76. The molecule has 0 aliphatic rings. The fraction of sp³-hybridized carbons (Fsp3) is 0.500. The summed E-state index contributed by atoms with van der Waals surface area (Å²) in [6.07, 6.45) is 2.41. The Bertz CT molecular complexity index is 346. The molecule has 0 spiro atoms. The van der Waals surface area contributed by atoms with Crippen LogP contribution in [0.25, 0.3) is 0 Å². The lowest BCUT2D eigenvalue weighted by molar-refractivity contribution is -0.121. The van der Waals surface area contributed by atoms with Gasteiger partial charge in [-0.05, 0) is 30.0 Å². The van der Waals surface area contributed by atoms with E-state index in [9.17, 15) is 4.79 Å². The Balaban J connectivity index is 2.26. The SMILES string of the molecule is CCC(C)CNC(=O)CCc1ccc(N)cc1. The van der Waals surface area contributed by atoms with Crippen LogP contribution in [0.5, 0.6) is 0 Å². The first-order valence-corrected chi connectivity index (χ1v) is 6.23. The summed E-state index contributed by atoms with van der Waals surface area (Å²) in [4.78, 5) is 11.6. The van der Waals surface area contributed by atoms with E-state index in [4.69, 9.17) is 5.73 Å². The van der Waals surface area contributed by atoms with E-state index in [0.29, 0.717) is 12.3 Å². The van der Waals surface area contributed by atoms with Gasteiger partial charge < -0.3 is 11.1 Å². The second kappa shape index (κ2) is 6.94. The highest BCUT2D eigenvalue weighted by Crippen LogP contribution is 2.07. The molecule has 1 aromatic carbocycles. The Morgan fingerprint density at radius 2 is 2.00 bits per heavy atom. The second-order valence-corrected chi connectivity index (χ2v) is 4.56. The molecule has 17 heavy (non-hydrogen) atoms. The van der Waals surface area contributed by atoms with Crippen molar-refractivity contribution < 1.29 is 4.79 Å². The molecule has 1 unspecified atom stereocenters. The molecule has 0 aromatic heterocycles. The lowest BCUT2D eigenvalue weighted by Gasteiger charge is -2.10. The van der Waals surface area contributed by atoms with Crippen molar-refractivity contribution in [3.05, 3.63) is 29.8 Å². The highest BCUT2D eigenvalue weighted by Gasteiger charge is 2.04. The van der Waals surface area contributed by atoms with Crippen LogP contribution in [0, 0.1) is 5.92 Å². The van der Waals surface area contributed by atoms with Gasteiger partial charge >= 0.3 is 0 Å². The van der Waals surface area contributed by atoms with Gasteiger partial charge in [-0.25, -0.2) is 0 Å². The van der Waals surface area contributed by atoms with Crippen molar-refractivity contribution in [3.8, 4) is 0 Å². The molecule has 0 radical (unpaired) electrons. The molecule has 0 aliphatic heterocycles. The van der Waals surface area contributed by atoms with E-state index in [1.165, 1.54) is 0 Å². The zero-order valence-corrected chi connectivity index (χ0v) is 10.7. The fourth-order valence-corrected chi connectivity index (χ4v) is 1.46. The standard InChI is InChI=1S/C14H22N2O/c1-3-11(2)10-16-14(17)9-6-12-4-7-13(15)8-5-12/h4-5,7-8,11H,3,6,9-10,15H2,1-2H3,(H,16,17). The number of rotatable bonds is 6. The summed E-state index contributed by atoms with van der Waals surface area (Å²) in [5.74, 6) is 0.678. The zero-order chi connectivity index (χ0) is 12.7. The van der Waals surface area contributed by atoms with Crippen molar-refractivity contribution in [1.29, 1.82) is 0 Å². The largest absolute Gasteiger partial charge is 0.399 e. The Labute approximate surface area is 103 Å². The van der Waals surface area contributed by atoms with Gasteiger partial charge in [-0.3, -0.25) is 4.79 Å². The molecule has 3 nitrogen and oxygen atoms in total. The van der Waals surface area contributed by atoms with Crippen molar-refractivity contribution in [2.24, 2.45) is 5.92 Å². The van der Waals surface area contributed by atoms with Crippen LogP contribution >= 0.6 is 0 Å². The Kier molecular flexibility index (Phi) is 5.53. The topological polar surface area (TPSA) is 55.1 Å². The number of amides is 1. The predicted molar refractivity (Wildman–Crippen MR) is 71.6 cm³/mol. The van der Waals surface area contributed by atoms with Gasteiger partial charge in [0, 0.05) is 18.7 Å². The van der Waals surface area contributed by atoms with Gasteiger partial charge in [0.25, 0.3) is 0 Å². The van der Waals surface area contributed by atoms with Crippen LogP contribution < -0.4 is 11.1 Å². The van der Waals surface area contributed by atoms with Crippen LogP contribution in [0.4, 0.5) is 5.69 Å². The first kappa shape index (κ1) is 13.6. The minimum Gasteiger partial charge on any atom is -0.399 e. The molecule has 0 fully saturated rings. The first-order valence-electron chi connectivity index (χ1n) is 6.23. The van der Waals surface area contributed by atoms with E-state index >= 15 is 0 Å². The molecule has 1 aromatic rings. The van der Waals surface area contributed by atoms with Crippen molar-refractivity contribution in [3.63, 3.8) is 0 Å². The van der Waals surface area contributed by atoms with Crippen LogP contribution in [0.1, 0.15) is 32.3 Å². The number of anilines is 1. The Morgan fingerprint density at radius 3 is 2.59 bits per heavy atom. The van der Waals surface area contributed by atoms with Gasteiger partial charge in [-0.1, -0.05) is 32.4 Å². The lowest BCUT2D eigenvalue weighted by Crippen LogP contribution is -2.28. The summed E-state index contributed by atoms with van der Waals surface area (Å²) in [6, 6.07) is 7.67. The van der Waals surface area contributed by atoms with Gasteiger partial charge in [-0.15, -0.1) is 0 Å². The molecule has 1 atom stereocenters. The Morgan fingerprint density at radius 1 is 1.35 bits per heavy atom. The summed E-state index contributed by atoms with van der Waals surface area (Å²) < 4.78 is 0. The summed E-state index contributed by atoms with van der Waals surface area (Å²) in [5, 5.41) is 2.95. The quantitative estimate of drug-likeness (QED) is 0.742. The van der Waals surface area contributed by atoms with Crippen LogP contribution in [0.2, 0.25) is 0 Å². The lowest BCUT2D eigenvalue weighted by atomic mass is 10.1. The average molecular weight is 234 g/mol. The molecule has 3 N–H and O–H groups in total. The number of hydrogen-bond donors (Lipinski definition) is 2. The van der Waals surface area contributed by atoms with E-state index in [1.54, 1.807) is 0 Å². The zero-order valence-electron chi connectivity index (χ0n) is 10.7. The van der Waals surface area contributed by atoms with Gasteiger partial charge in [0.1, 0.15) is 0 Å². The minimum atomic E-state index is 0.127. The maximum absolute atomic E-state index is 11.6. The molecule has 0 heterocycles. The second-order valence-electron chi connectivity index (χ2n) is 4.56. The van der Waals surface area contributed by atoms with E-state index in [0.717, 1.165) is 30.6 Å². The molecule has 3 heteroatoms. The number of aryl methyl sites for hydroxylation is 1. The molecule has 0 saturated carbocycles. The average Bonchev–Trinajstić information content (AvgIpc) is 2.35. The van der Waals surface area contributed by atoms with Crippen LogP contribution in [-0.2, 0) is 11.2 Å². The summed E-state index contributed by atoms with van der Waals surface area (Å²) in [5.41, 5.74) is 7.51. The number of carbonyl (C=O) groups excluding carboxylic acids is 1. The van der Waals surface area contributed by atoms with Crippen molar-refractivity contribution in [2.75, 3.05) is 12.3 Å². The molecule has 0 aliphatic carbocycles. The van der Waals surface area contributed by atoms with Gasteiger partial charge in [-0.2, -0.15) is 0 Å². The monoisotopic (exact) mass is 234 g/mol. The third-order valence-electron chi connectivity index (χ3n) is 2.97. The molecule has 94 valence electrons. The molecular weight excluding hydrogens is 212 g/mol. The number of nitrogen functional groups attached to an aromatic ring is 1. The molecule has 1 rings (SSSR count). The molecule has 0 saturated heterocycles. The third-order valence-corrected chi connectivity index (χ3v) is 2.97. The molecule has 0 bridgehead atoms. The molecular formula is C14H22N2O. The fourth-order valence-electron chi connectivity index (χ4n) is 1.46. The normalized spacial score (nSPS) is 12.1. The van der Waals surface area contributed by atoms with Crippen LogP contribution in [-0.4, -0.2) is 12.5 Å². The highest BCUT2D eigenvalue weighted by atomic mass is 16.1. The summed E-state index contributed by atoms with van der Waals surface area (Å²) >= 11 is 0. The maximum atomic E-state index is 11.6. The number of nitrogens with one attached hydrogen (secondary N) is 1. The van der Waals surface area contributed by atoms with Crippen molar-refractivity contribution >= 4 is 11.6 Å². The van der Waals surface area contributed by atoms with E-state index in [-0.39, 0.29) is 5.91 Å². The number of nitrogens with two attached hydrogens (primary N) is 1. The maximum Gasteiger partial charge on any atom is 0.220 e. The first-order chi connectivity index (χ1) is 8.11. The predicted octanol–water partition coefficient (Wildman–Crippen LogP) is 2.36. The summed E-state index contributed by atoms with van der Waals surface area (Å²) in [6.45, 7) is 5.04. The minimum absolute atomic E-state index is 0.127. The number of carbonyl (C=O) groups is 1. The third kappa shape index (κ3) is 5.38. The van der Waals surface area contributed by atoms with Crippen molar-refractivity contribution in [1.82, 2.24) is 5.32 Å². The van der Waals surface area contributed by atoms with Gasteiger partial charge in [0.15, 0.2) is 0 Å². The van der Waals surface area contributed by atoms with Gasteiger partial charge in [0.2, 0.25) is 5.91 Å². The smallest absolute Gasteiger partial charge is 0.220 e. The van der Waals surface area contributed by atoms with Crippen molar-refractivity contribution in [2.45, 2.75) is 33.1 Å². The van der Waals surface area contributed by atoms with Gasteiger partial charge in [0.05, 0.1) is 0 Å². The van der Waals surface area contributed by atoms with E-state index in [1.807, 2.05) is 24.3 Å². The summed E-state index contributed by atoms with van der Waals surface area (Å²) in [7, 11) is 0. The number of hydrogen-bond acceptors (Lipinski definition) is 2.